The van der Waals surface area contributed by atoms with E-state index in [-0.39, 0.29) is 11.9 Å². The largest absolute Gasteiger partial charge is 0.351 e. The van der Waals surface area contributed by atoms with Gasteiger partial charge < -0.3 is 10.6 Å². The number of amides is 1. The Balaban J connectivity index is 1.42. The number of likely N-dealkylation sites (tertiary alicyclic amines) is 1. The lowest BCUT2D eigenvalue weighted by atomic mass is 9.98. The van der Waals surface area contributed by atoms with Crippen molar-refractivity contribution in [2.45, 2.75) is 44.8 Å². The van der Waals surface area contributed by atoms with Crippen LogP contribution in [0.25, 0.3) is 11.1 Å². The van der Waals surface area contributed by atoms with E-state index in [1.165, 1.54) is 42.6 Å². The highest BCUT2D eigenvalue weighted by atomic mass is 16.2. The van der Waals surface area contributed by atoms with Crippen LogP contribution < -0.4 is 10.6 Å². The number of benzene rings is 2. The molecular formula is C23H29N3O. The van der Waals surface area contributed by atoms with Gasteiger partial charge in [0.1, 0.15) is 0 Å². The van der Waals surface area contributed by atoms with Gasteiger partial charge in [0.2, 0.25) is 5.91 Å². The fraction of sp³-hybridized carbons (Fsp3) is 0.435. The third-order valence-corrected chi connectivity index (χ3v) is 5.72. The molecule has 0 bridgehead atoms. The average Bonchev–Trinajstić information content (AvgIpc) is 3.41. The molecule has 2 heterocycles. The van der Waals surface area contributed by atoms with E-state index in [9.17, 15) is 4.79 Å². The van der Waals surface area contributed by atoms with Crippen LogP contribution in [0.15, 0.2) is 48.5 Å². The average molecular weight is 364 g/mol. The Morgan fingerprint density at radius 2 is 1.81 bits per heavy atom. The van der Waals surface area contributed by atoms with Crippen LogP contribution in [0.2, 0.25) is 0 Å². The van der Waals surface area contributed by atoms with Gasteiger partial charge >= 0.3 is 0 Å². The summed E-state index contributed by atoms with van der Waals surface area (Å²) in [6.07, 6.45) is 4.67. The third-order valence-electron chi connectivity index (χ3n) is 5.72. The van der Waals surface area contributed by atoms with Gasteiger partial charge in [-0.1, -0.05) is 48.5 Å². The van der Waals surface area contributed by atoms with Gasteiger partial charge in [-0.25, -0.2) is 0 Å². The molecule has 0 spiro atoms. The van der Waals surface area contributed by atoms with Crippen LogP contribution in [-0.2, 0) is 17.9 Å². The van der Waals surface area contributed by atoms with Gasteiger partial charge in [-0.15, -0.1) is 0 Å². The minimum atomic E-state index is -0.0259. The van der Waals surface area contributed by atoms with Crippen molar-refractivity contribution in [3.05, 3.63) is 59.7 Å². The highest BCUT2D eigenvalue weighted by molar-refractivity contribution is 5.82. The van der Waals surface area contributed by atoms with Crippen LogP contribution in [0.4, 0.5) is 0 Å². The molecule has 0 radical (unpaired) electrons. The van der Waals surface area contributed by atoms with Crippen LogP contribution >= 0.6 is 0 Å². The Labute approximate surface area is 162 Å². The number of hydrogen-bond acceptors (Lipinski definition) is 3. The van der Waals surface area contributed by atoms with Crippen LogP contribution in [0, 0.1) is 0 Å². The van der Waals surface area contributed by atoms with Gasteiger partial charge in [0.05, 0.1) is 6.04 Å². The first-order chi connectivity index (χ1) is 13.3. The molecule has 4 nitrogen and oxygen atoms in total. The van der Waals surface area contributed by atoms with Gasteiger partial charge in [0.15, 0.2) is 0 Å². The van der Waals surface area contributed by atoms with E-state index in [1.54, 1.807) is 0 Å². The molecule has 1 atom stereocenters. The summed E-state index contributed by atoms with van der Waals surface area (Å²) in [5.74, 6) is 0.114. The summed E-state index contributed by atoms with van der Waals surface area (Å²) in [6.45, 7) is 5.01. The minimum Gasteiger partial charge on any atom is -0.351 e. The molecule has 2 N–H and O–H groups in total. The predicted molar refractivity (Wildman–Crippen MR) is 109 cm³/mol. The summed E-state index contributed by atoms with van der Waals surface area (Å²) in [6, 6.07) is 17.2. The summed E-state index contributed by atoms with van der Waals surface area (Å²) in [5, 5.41) is 6.36. The van der Waals surface area contributed by atoms with Crippen molar-refractivity contribution >= 4 is 5.91 Å². The molecule has 2 fully saturated rings. The molecule has 4 heteroatoms. The topological polar surface area (TPSA) is 44.4 Å². The van der Waals surface area contributed by atoms with Crippen LogP contribution in [0.3, 0.4) is 0 Å². The maximum Gasteiger partial charge on any atom is 0.237 e. The predicted octanol–water partition coefficient (Wildman–Crippen LogP) is 3.32. The molecular weight excluding hydrogens is 334 g/mol. The summed E-state index contributed by atoms with van der Waals surface area (Å²) >= 11 is 0. The molecule has 142 valence electrons. The van der Waals surface area contributed by atoms with E-state index in [1.807, 2.05) is 6.07 Å². The van der Waals surface area contributed by atoms with E-state index in [0.29, 0.717) is 6.54 Å². The van der Waals surface area contributed by atoms with Gasteiger partial charge in [-0.2, -0.15) is 0 Å². The fourth-order valence-electron chi connectivity index (χ4n) is 4.16. The van der Waals surface area contributed by atoms with Crippen molar-refractivity contribution in [2.75, 3.05) is 19.6 Å². The number of rotatable bonds is 6. The molecule has 1 amide bonds. The number of hydrogen-bond donors (Lipinski definition) is 2. The number of nitrogens with zero attached hydrogens (tertiary/aromatic N) is 1. The van der Waals surface area contributed by atoms with Gasteiger partial charge in [-0.3, -0.25) is 9.69 Å². The SMILES string of the molecule is O=C(NCc1ccccc1-c1ccc(CN2CCCC2)cc1)C1CCCN1. The molecule has 2 aliphatic heterocycles. The van der Waals surface area contributed by atoms with Crippen molar-refractivity contribution in [1.82, 2.24) is 15.5 Å². The minimum absolute atomic E-state index is 0.0259. The smallest absolute Gasteiger partial charge is 0.237 e. The molecule has 1 unspecified atom stereocenters. The lowest BCUT2D eigenvalue weighted by Gasteiger charge is -2.16. The second-order valence-corrected chi connectivity index (χ2v) is 7.70. The van der Waals surface area contributed by atoms with Crippen LogP contribution in [0.1, 0.15) is 36.8 Å². The summed E-state index contributed by atoms with van der Waals surface area (Å²) in [4.78, 5) is 14.8. The molecule has 2 saturated heterocycles. The maximum absolute atomic E-state index is 12.3. The van der Waals surface area contributed by atoms with Gasteiger partial charge in [0.25, 0.3) is 0 Å². The third kappa shape index (κ3) is 4.57. The first kappa shape index (κ1) is 18.2. The zero-order valence-corrected chi connectivity index (χ0v) is 15.9. The Morgan fingerprint density at radius 1 is 1.04 bits per heavy atom. The van der Waals surface area contributed by atoms with Crippen molar-refractivity contribution in [2.24, 2.45) is 0 Å². The number of carbonyl (C=O) groups is 1. The van der Waals surface area contributed by atoms with E-state index < -0.39 is 0 Å². The maximum atomic E-state index is 12.3. The monoisotopic (exact) mass is 363 g/mol. The summed E-state index contributed by atoms with van der Waals surface area (Å²) in [7, 11) is 0. The van der Waals surface area contributed by atoms with Crippen molar-refractivity contribution in [3.63, 3.8) is 0 Å². The van der Waals surface area contributed by atoms with E-state index in [4.69, 9.17) is 0 Å². The van der Waals surface area contributed by atoms with E-state index in [0.717, 1.165) is 31.5 Å². The molecule has 0 aromatic heterocycles. The highest BCUT2D eigenvalue weighted by Crippen LogP contribution is 2.25. The number of carbonyl (C=O) groups excluding carboxylic acids is 1. The van der Waals surface area contributed by atoms with Gasteiger partial charge in [0, 0.05) is 13.1 Å². The van der Waals surface area contributed by atoms with E-state index in [2.05, 4.69) is 58.0 Å². The Kier molecular flexibility index (Phi) is 5.85. The lowest BCUT2D eigenvalue weighted by Crippen LogP contribution is -2.40. The molecule has 2 aromatic rings. The van der Waals surface area contributed by atoms with Crippen molar-refractivity contribution < 1.29 is 4.79 Å². The lowest BCUT2D eigenvalue weighted by molar-refractivity contribution is -0.122. The molecule has 27 heavy (non-hydrogen) atoms. The zero-order valence-electron chi connectivity index (χ0n) is 15.9. The normalized spacial score (nSPS) is 20.1. The van der Waals surface area contributed by atoms with Crippen molar-refractivity contribution in [1.29, 1.82) is 0 Å². The van der Waals surface area contributed by atoms with Crippen molar-refractivity contribution in [3.8, 4) is 11.1 Å². The Morgan fingerprint density at radius 3 is 2.56 bits per heavy atom. The molecule has 4 rings (SSSR count). The van der Waals surface area contributed by atoms with Crippen LogP contribution in [0.5, 0.6) is 0 Å². The molecule has 2 aliphatic rings. The standard InChI is InChI=1S/C23H29N3O/c27-23(22-8-5-13-24-22)25-16-20-6-1-2-7-21(20)19-11-9-18(10-12-19)17-26-14-3-4-15-26/h1-2,6-7,9-12,22,24H,3-5,8,13-17H2,(H,25,27). The molecule has 0 aliphatic carbocycles. The fourth-order valence-corrected chi connectivity index (χ4v) is 4.16. The summed E-state index contributed by atoms with van der Waals surface area (Å²) < 4.78 is 0. The quantitative estimate of drug-likeness (QED) is 0.828. The molecule has 0 saturated carbocycles. The second-order valence-electron chi connectivity index (χ2n) is 7.70. The molecule has 2 aromatic carbocycles. The summed E-state index contributed by atoms with van der Waals surface area (Å²) in [5.41, 5.74) is 4.95. The van der Waals surface area contributed by atoms with Crippen LogP contribution in [-0.4, -0.2) is 36.5 Å². The number of nitrogens with one attached hydrogen (secondary N) is 2. The zero-order chi connectivity index (χ0) is 18.5. The Bertz CT molecular complexity index is 759. The second kappa shape index (κ2) is 8.68. The first-order valence-electron chi connectivity index (χ1n) is 10.2. The first-order valence-corrected chi connectivity index (χ1v) is 10.2. The highest BCUT2D eigenvalue weighted by Gasteiger charge is 2.21. The van der Waals surface area contributed by atoms with Gasteiger partial charge in [-0.05, 0) is 67.6 Å². The Hall–Kier alpha value is -2.17. The van der Waals surface area contributed by atoms with E-state index >= 15 is 0 Å².